The van der Waals surface area contributed by atoms with Crippen LogP contribution >= 0.6 is 23.2 Å². The van der Waals surface area contributed by atoms with E-state index in [9.17, 15) is 4.79 Å². The average molecular weight is 389 g/mol. The first kappa shape index (κ1) is 17.8. The summed E-state index contributed by atoms with van der Waals surface area (Å²) in [6, 6.07) is 5.61. The molecule has 0 amide bonds. The molecule has 136 valence electrons. The molecule has 0 saturated carbocycles. The summed E-state index contributed by atoms with van der Waals surface area (Å²) in [5, 5.41) is 8.64. The molecule has 0 spiro atoms. The number of Topliss-reactive ketones (excluding diaryl/α,β-unsaturated/α-hetero) is 1. The number of hydrogen-bond donors (Lipinski definition) is 1. The van der Waals surface area contributed by atoms with E-state index >= 15 is 0 Å². The van der Waals surface area contributed by atoms with Crippen molar-refractivity contribution < 1.29 is 4.79 Å². The van der Waals surface area contributed by atoms with E-state index in [0.717, 1.165) is 41.7 Å². The van der Waals surface area contributed by atoms with Gasteiger partial charge in [-0.25, -0.2) is 0 Å². The maximum atomic E-state index is 13.3. The number of halogens is 2. The van der Waals surface area contributed by atoms with E-state index in [-0.39, 0.29) is 11.2 Å². The van der Waals surface area contributed by atoms with Gasteiger partial charge in [-0.15, -0.1) is 0 Å². The lowest BCUT2D eigenvalue weighted by Gasteiger charge is -2.45. The van der Waals surface area contributed by atoms with Crippen LogP contribution in [0.25, 0.3) is 0 Å². The van der Waals surface area contributed by atoms with E-state index in [4.69, 9.17) is 23.2 Å². The highest BCUT2D eigenvalue weighted by Gasteiger charge is 2.49. The van der Waals surface area contributed by atoms with E-state index in [1.807, 2.05) is 18.3 Å². The van der Waals surface area contributed by atoms with Crippen LogP contribution in [0.15, 0.2) is 35.5 Å². The van der Waals surface area contributed by atoms with Crippen molar-refractivity contribution in [3.05, 3.63) is 62.4 Å². The van der Waals surface area contributed by atoms with Crippen molar-refractivity contribution in [1.82, 2.24) is 10.2 Å². The normalized spacial score (nSPS) is 24.4. The summed E-state index contributed by atoms with van der Waals surface area (Å²) < 4.78 is 0. The molecule has 0 unspecified atom stereocenters. The van der Waals surface area contributed by atoms with E-state index < -0.39 is 5.41 Å². The molecule has 2 aliphatic rings. The molecule has 26 heavy (non-hydrogen) atoms. The van der Waals surface area contributed by atoms with Crippen molar-refractivity contribution in [1.29, 1.82) is 0 Å². The molecular formula is C21H22Cl2N2O. The fourth-order valence-electron chi connectivity index (χ4n) is 4.97. The first-order valence-corrected chi connectivity index (χ1v) is 9.77. The summed E-state index contributed by atoms with van der Waals surface area (Å²) in [7, 11) is 0. The van der Waals surface area contributed by atoms with Gasteiger partial charge in [0.25, 0.3) is 0 Å². The van der Waals surface area contributed by atoms with Crippen LogP contribution in [-0.4, -0.2) is 16.0 Å². The molecule has 2 aliphatic carbocycles. The number of hydrogen-bond acceptors (Lipinski definition) is 2. The van der Waals surface area contributed by atoms with Gasteiger partial charge in [0.15, 0.2) is 5.78 Å². The third-order valence-corrected chi connectivity index (χ3v) is 6.28. The zero-order valence-electron chi connectivity index (χ0n) is 15.2. The molecule has 1 atom stereocenters. The average Bonchev–Trinajstić information content (AvgIpc) is 2.99. The first-order valence-electron chi connectivity index (χ1n) is 9.02. The fourth-order valence-corrected chi connectivity index (χ4v) is 5.50. The highest BCUT2D eigenvalue weighted by Crippen LogP contribution is 2.54. The lowest BCUT2D eigenvalue weighted by molar-refractivity contribution is -0.118. The summed E-state index contributed by atoms with van der Waals surface area (Å²) in [5.41, 5.74) is 4.74. The third-order valence-electron chi connectivity index (χ3n) is 5.84. The second-order valence-electron chi connectivity index (χ2n) is 8.28. The lowest BCUT2D eigenvalue weighted by atomic mass is 9.57. The number of nitrogens with zero attached hydrogens (tertiary/aromatic N) is 1. The lowest BCUT2D eigenvalue weighted by Crippen LogP contribution is -2.42. The van der Waals surface area contributed by atoms with Gasteiger partial charge >= 0.3 is 0 Å². The molecule has 3 nitrogen and oxygen atoms in total. The molecule has 4 rings (SSSR count). The van der Waals surface area contributed by atoms with Gasteiger partial charge in [-0.3, -0.25) is 9.89 Å². The number of nitrogens with one attached hydrogen (secondary N) is 1. The maximum absolute atomic E-state index is 13.3. The summed E-state index contributed by atoms with van der Waals surface area (Å²) in [6.07, 6.45) is 4.86. The third kappa shape index (κ3) is 2.56. The Morgan fingerprint density at radius 1 is 1.15 bits per heavy atom. The van der Waals surface area contributed by atoms with Crippen LogP contribution in [0, 0.1) is 5.41 Å². The van der Waals surface area contributed by atoms with Crippen molar-refractivity contribution >= 4 is 29.0 Å². The molecule has 1 N–H and O–H groups in total. The first-order chi connectivity index (χ1) is 12.3. The summed E-state index contributed by atoms with van der Waals surface area (Å²) in [5.74, 6) is 0.237. The number of ketones is 1. The highest BCUT2D eigenvalue weighted by atomic mass is 35.5. The Labute approximate surface area is 163 Å². The number of benzene rings is 1. The van der Waals surface area contributed by atoms with Crippen molar-refractivity contribution in [2.75, 3.05) is 0 Å². The van der Waals surface area contributed by atoms with Gasteiger partial charge < -0.3 is 0 Å². The molecule has 1 heterocycles. The minimum absolute atomic E-state index is 0.0150. The van der Waals surface area contributed by atoms with Crippen molar-refractivity contribution in [3.63, 3.8) is 0 Å². The van der Waals surface area contributed by atoms with Crippen LogP contribution in [0.5, 0.6) is 0 Å². The Balaban J connectivity index is 2.05. The van der Waals surface area contributed by atoms with Crippen LogP contribution < -0.4 is 0 Å². The zero-order chi connectivity index (χ0) is 18.7. The monoisotopic (exact) mass is 388 g/mol. The Bertz CT molecular complexity index is 921. The second-order valence-corrected chi connectivity index (χ2v) is 9.15. The van der Waals surface area contributed by atoms with Crippen molar-refractivity contribution in [2.24, 2.45) is 5.41 Å². The Morgan fingerprint density at radius 3 is 2.50 bits per heavy atom. The van der Waals surface area contributed by atoms with E-state index in [1.54, 1.807) is 6.07 Å². The van der Waals surface area contributed by atoms with Crippen LogP contribution in [0.1, 0.15) is 56.9 Å². The van der Waals surface area contributed by atoms with Gasteiger partial charge in [-0.05, 0) is 42.0 Å². The number of carbonyl (C=O) groups excluding carboxylic acids is 1. The van der Waals surface area contributed by atoms with Crippen molar-refractivity contribution in [3.8, 4) is 0 Å². The molecular weight excluding hydrogens is 367 g/mol. The molecule has 0 bridgehead atoms. The van der Waals surface area contributed by atoms with Gasteiger partial charge in [-0.2, -0.15) is 5.10 Å². The van der Waals surface area contributed by atoms with Gasteiger partial charge in [0.05, 0.1) is 11.6 Å². The number of allylic oxidation sites excluding steroid dienone is 2. The predicted molar refractivity (Wildman–Crippen MR) is 105 cm³/mol. The molecule has 0 fully saturated rings. The number of aromatic nitrogens is 2. The van der Waals surface area contributed by atoms with Crippen molar-refractivity contribution in [2.45, 2.75) is 51.9 Å². The zero-order valence-corrected chi connectivity index (χ0v) is 16.8. The minimum atomic E-state index is -0.544. The van der Waals surface area contributed by atoms with Crippen LogP contribution in [-0.2, 0) is 16.6 Å². The number of H-pyrrole nitrogens is 1. The molecule has 5 heteroatoms. The smallest absolute Gasteiger partial charge is 0.160 e. The summed E-state index contributed by atoms with van der Waals surface area (Å²) in [4.78, 5) is 13.3. The molecule has 2 aromatic rings. The maximum Gasteiger partial charge on any atom is 0.160 e. The van der Waals surface area contributed by atoms with Gasteiger partial charge in [0, 0.05) is 39.7 Å². The van der Waals surface area contributed by atoms with Gasteiger partial charge in [0.2, 0.25) is 0 Å². The quantitative estimate of drug-likeness (QED) is 0.721. The Morgan fingerprint density at radius 2 is 1.85 bits per heavy atom. The molecule has 1 aromatic heterocycles. The molecule has 0 saturated heterocycles. The number of fused-ring (bicyclic) bond motifs is 1. The SMILES string of the molecule is CC[C@@]1(c2cc(Cl)cc(Cl)c2)C2=C(Cc3[nH]ncc31)CC(C)(C)CC2=O. The molecule has 0 aliphatic heterocycles. The summed E-state index contributed by atoms with van der Waals surface area (Å²) in [6.45, 7) is 6.45. The van der Waals surface area contributed by atoms with Crippen LogP contribution in [0.4, 0.5) is 0 Å². The van der Waals surface area contributed by atoms with Gasteiger partial charge in [0.1, 0.15) is 0 Å². The topological polar surface area (TPSA) is 45.8 Å². The minimum Gasteiger partial charge on any atom is -0.294 e. The van der Waals surface area contributed by atoms with E-state index in [2.05, 4.69) is 31.0 Å². The Kier molecular flexibility index (Phi) is 4.09. The van der Waals surface area contributed by atoms with E-state index in [1.165, 1.54) is 5.57 Å². The summed E-state index contributed by atoms with van der Waals surface area (Å²) >= 11 is 12.7. The largest absolute Gasteiger partial charge is 0.294 e. The number of rotatable bonds is 2. The fraction of sp³-hybridized carbons (Fsp3) is 0.429. The predicted octanol–water partition coefficient (Wildman–Crippen LogP) is 5.65. The highest BCUT2D eigenvalue weighted by molar-refractivity contribution is 6.34. The Hall–Kier alpha value is -1.58. The van der Waals surface area contributed by atoms with Gasteiger partial charge in [-0.1, -0.05) is 49.5 Å². The van der Waals surface area contributed by atoms with Crippen LogP contribution in [0.2, 0.25) is 10.0 Å². The van der Waals surface area contributed by atoms with E-state index in [0.29, 0.717) is 16.5 Å². The van der Waals surface area contributed by atoms with Crippen LogP contribution in [0.3, 0.4) is 0 Å². The molecule has 0 radical (unpaired) electrons. The molecule has 1 aromatic carbocycles. The standard InChI is InChI=1S/C21H22Cl2N2O/c1-4-21(13-6-14(22)8-15(23)7-13)16-11-24-25-17(16)5-12-9-20(2,3)10-18(26)19(12)21/h6-8,11H,4-5,9-10H2,1-3H3,(H,24,25)/t21-/m0/s1. The number of carbonyl (C=O) groups is 1. The number of aromatic amines is 1. The second kappa shape index (κ2) is 5.97.